The average molecular weight is 393 g/mol. The fourth-order valence-electron chi connectivity index (χ4n) is 3.05. The lowest BCUT2D eigenvalue weighted by Gasteiger charge is -2.11. The highest BCUT2D eigenvalue weighted by Crippen LogP contribution is 2.22. The second-order valence-electron chi connectivity index (χ2n) is 6.73. The summed E-state index contributed by atoms with van der Waals surface area (Å²) in [4.78, 5) is 20.6. The molecule has 3 aromatic rings. The Labute approximate surface area is 167 Å². The number of hydrogen-bond donors (Lipinski definition) is 1. The topological polar surface area (TPSA) is 73.3 Å². The number of hydrogen-bond acceptors (Lipinski definition) is 5. The van der Waals surface area contributed by atoms with Gasteiger partial charge in [0.2, 0.25) is 0 Å². The molecule has 0 radical (unpaired) electrons. The van der Waals surface area contributed by atoms with E-state index in [0.717, 1.165) is 30.6 Å². The van der Waals surface area contributed by atoms with Crippen molar-refractivity contribution in [2.75, 3.05) is 13.2 Å². The average Bonchev–Trinajstić information content (AvgIpc) is 3.28. The first-order chi connectivity index (χ1) is 14.2. The Hall–Kier alpha value is -3.32. The molecule has 29 heavy (non-hydrogen) atoms. The number of nitrogens with zero attached hydrogens (tertiary/aromatic N) is 2. The summed E-state index contributed by atoms with van der Waals surface area (Å²) in [5.74, 6) is 0.00137. The fourth-order valence-corrected chi connectivity index (χ4v) is 3.05. The van der Waals surface area contributed by atoms with Crippen LogP contribution in [0.15, 0.2) is 60.9 Å². The Bertz CT molecular complexity index is 954. The van der Waals surface area contributed by atoms with Gasteiger partial charge >= 0.3 is 6.01 Å². The van der Waals surface area contributed by atoms with Crippen LogP contribution in [0.3, 0.4) is 0 Å². The van der Waals surface area contributed by atoms with Crippen molar-refractivity contribution >= 4 is 5.91 Å². The minimum Gasteiger partial charge on any atom is -0.424 e. The zero-order chi connectivity index (χ0) is 20.1. The molecule has 0 unspecified atom stereocenters. The summed E-state index contributed by atoms with van der Waals surface area (Å²) in [6.45, 7) is 1.30. The molecule has 7 heteroatoms. The molecular weight excluding hydrogens is 373 g/mol. The van der Waals surface area contributed by atoms with E-state index in [-0.39, 0.29) is 23.8 Å². The zero-order valence-electron chi connectivity index (χ0n) is 15.7. The number of halogens is 1. The molecular formula is C22H20FN3O3. The summed E-state index contributed by atoms with van der Waals surface area (Å²) in [5, 5.41) is 2.91. The van der Waals surface area contributed by atoms with Gasteiger partial charge in [0.25, 0.3) is 5.91 Å². The van der Waals surface area contributed by atoms with Crippen molar-refractivity contribution in [1.29, 1.82) is 0 Å². The minimum absolute atomic E-state index is 0.117. The molecule has 4 rings (SSSR count). The highest BCUT2D eigenvalue weighted by Gasteiger charge is 2.16. The number of rotatable bonds is 6. The van der Waals surface area contributed by atoms with Crippen LogP contribution in [0.1, 0.15) is 23.2 Å². The number of amides is 1. The van der Waals surface area contributed by atoms with Crippen molar-refractivity contribution < 1.29 is 18.7 Å². The summed E-state index contributed by atoms with van der Waals surface area (Å²) >= 11 is 0. The van der Waals surface area contributed by atoms with Gasteiger partial charge in [-0.15, -0.1) is 0 Å². The molecule has 1 atom stereocenters. The van der Waals surface area contributed by atoms with Crippen molar-refractivity contribution in [2.45, 2.75) is 18.9 Å². The van der Waals surface area contributed by atoms with Crippen molar-refractivity contribution in [1.82, 2.24) is 15.3 Å². The maximum absolute atomic E-state index is 12.9. The van der Waals surface area contributed by atoms with Crippen LogP contribution in [0.5, 0.6) is 11.8 Å². The van der Waals surface area contributed by atoms with Crippen LogP contribution in [0.2, 0.25) is 0 Å². The minimum atomic E-state index is -0.336. The lowest BCUT2D eigenvalue weighted by Crippen LogP contribution is -2.31. The van der Waals surface area contributed by atoms with E-state index in [1.165, 1.54) is 24.3 Å². The molecule has 1 saturated heterocycles. The first kappa shape index (κ1) is 19.0. The SMILES string of the molecule is O=C(NC[C@H]1CCCO1)c1ccc(-c2cnc(Oc3ccc(F)cc3)nc2)cc1. The predicted octanol–water partition coefficient (Wildman–Crippen LogP) is 3.98. The van der Waals surface area contributed by atoms with Gasteiger partial charge < -0.3 is 14.8 Å². The van der Waals surface area contributed by atoms with E-state index >= 15 is 0 Å². The molecule has 1 aliphatic rings. The van der Waals surface area contributed by atoms with Gasteiger partial charge in [0, 0.05) is 36.7 Å². The van der Waals surface area contributed by atoms with E-state index in [2.05, 4.69) is 15.3 Å². The Kier molecular flexibility index (Phi) is 5.76. The fraction of sp³-hybridized carbons (Fsp3) is 0.227. The van der Waals surface area contributed by atoms with Crippen LogP contribution in [0, 0.1) is 5.82 Å². The van der Waals surface area contributed by atoms with Gasteiger partial charge in [-0.2, -0.15) is 0 Å². The number of benzene rings is 2. The highest BCUT2D eigenvalue weighted by molar-refractivity contribution is 5.94. The Balaban J connectivity index is 1.36. The van der Waals surface area contributed by atoms with Crippen LogP contribution in [0.25, 0.3) is 11.1 Å². The smallest absolute Gasteiger partial charge is 0.321 e. The van der Waals surface area contributed by atoms with Gasteiger partial charge in [-0.1, -0.05) is 12.1 Å². The summed E-state index contributed by atoms with van der Waals surface area (Å²) in [7, 11) is 0. The van der Waals surface area contributed by atoms with Crippen molar-refractivity contribution in [3.05, 3.63) is 72.3 Å². The van der Waals surface area contributed by atoms with Gasteiger partial charge in [-0.3, -0.25) is 4.79 Å². The van der Waals surface area contributed by atoms with Crippen molar-refractivity contribution in [2.24, 2.45) is 0 Å². The maximum Gasteiger partial charge on any atom is 0.321 e. The molecule has 1 aliphatic heterocycles. The lowest BCUT2D eigenvalue weighted by molar-refractivity contribution is 0.0858. The Morgan fingerprint density at radius 2 is 1.79 bits per heavy atom. The molecule has 0 spiro atoms. The monoisotopic (exact) mass is 393 g/mol. The van der Waals surface area contributed by atoms with Crippen molar-refractivity contribution in [3.8, 4) is 22.9 Å². The Morgan fingerprint density at radius 1 is 1.07 bits per heavy atom. The molecule has 1 amide bonds. The largest absolute Gasteiger partial charge is 0.424 e. The standard InChI is InChI=1S/C22H20FN3O3/c23-18-7-9-19(10-8-18)29-22-25-12-17(13-26-22)15-3-5-16(6-4-15)21(27)24-14-20-2-1-11-28-20/h3-10,12-13,20H,1-2,11,14H2,(H,24,27)/t20-/m1/s1. The van der Waals surface area contributed by atoms with Gasteiger partial charge in [-0.25, -0.2) is 14.4 Å². The van der Waals surface area contributed by atoms with E-state index in [9.17, 15) is 9.18 Å². The molecule has 1 aromatic heterocycles. The summed E-state index contributed by atoms with van der Waals surface area (Å²) < 4.78 is 23.9. The number of aromatic nitrogens is 2. The highest BCUT2D eigenvalue weighted by atomic mass is 19.1. The predicted molar refractivity (Wildman–Crippen MR) is 105 cm³/mol. The van der Waals surface area contributed by atoms with Gasteiger partial charge in [0.05, 0.1) is 6.10 Å². The molecule has 0 saturated carbocycles. The second-order valence-corrected chi connectivity index (χ2v) is 6.73. The number of ether oxygens (including phenoxy) is 2. The molecule has 1 fully saturated rings. The van der Waals surface area contributed by atoms with E-state index in [1.807, 2.05) is 12.1 Å². The van der Waals surface area contributed by atoms with E-state index in [4.69, 9.17) is 9.47 Å². The molecule has 0 aliphatic carbocycles. The Morgan fingerprint density at radius 3 is 2.45 bits per heavy atom. The quantitative estimate of drug-likeness (QED) is 0.686. The van der Waals surface area contributed by atoms with Crippen molar-refractivity contribution in [3.63, 3.8) is 0 Å². The number of nitrogens with one attached hydrogen (secondary N) is 1. The number of carbonyl (C=O) groups is 1. The molecule has 1 N–H and O–H groups in total. The third-order valence-corrected chi connectivity index (χ3v) is 4.65. The molecule has 0 bridgehead atoms. The maximum atomic E-state index is 12.9. The van der Waals surface area contributed by atoms with Crippen LogP contribution in [-0.4, -0.2) is 35.1 Å². The second kappa shape index (κ2) is 8.79. The third kappa shape index (κ3) is 4.94. The van der Waals surface area contributed by atoms with Gasteiger partial charge in [0.15, 0.2) is 0 Å². The van der Waals surface area contributed by atoms with Gasteiger partial charge in [0.1, 0.15) is 11.6 Å². The number of carbonyl (C=O) groups excluding carboxylic acids is 1. The summed E-state index contributed by atoms with van der Waals surface area (Å²) in [5.41, 5.74) is 2.26. The first-order valence-corrected chi connectivity index (χ1v) is 9.43. The van der Waals surface area contributed by atoms with Crippen LogP contribution in [0.4, 0.5) is 4.39 Å². The molecule has 6 nitrogen and oxygen atoms in total. The molecule has 2 heterocycles. The zero-order valence-corrected chi connectivity index (χ0v) is 15.7. The van der Waals surface area contributed by atoms with E-state index in [1.54, 1.807) is 24.5 Å². The van der Waals surface area contributed by atoms with Crippen LogP contribution >= 0.6 is 0 Å². The normalized spacial score (nSPS) is 15.8. The summed E-state index contributed by atoms with van der Waals surface area (Å²) in [6.07, 6.45) is 5.42. The van der Waals surface area contributed by atoms with E-state index < -0.39 is 0 Å². The van der Waals surface area contributed by atoms with Crippen LogP contribution in [-0.2, 0) is 4.74 Å². The third-order valence-electron chi connectivity index (χ3n) is 4.65. The van der Waals surface area contributed by atoms with Crippen LogP contribution < -0.4 is 10.1 Å². The van der Waals surface area contributed by atoms with Gasteiger partial charge in [-0.05, 0) is 54.8 Å². The molecule has 2 aromatic carbocycles. The summed E-state index contributed by atoms with van der Waals surface area (Å²) in [6, 6.07) is 13.0. The molecule has 148 valence electrons. The van der Waals surface area contributed by atoms with E-state index in [0.29, 0.717) is 17.9 Å². The lowest BCUT2D eigenvalue weighted by atomic mass is 10.1. The first-order valence-electron chi connectivity index (χ1n) is 9.43.